The molecule has 0 heterocycles. The van der Waals surface area contributed by atoms with Gasteiger partial charge in [-0.3, -0.25) is 4.79 Å². The molecule has 2 N–H and O–H groups in total. The summed E-state index contributed by atoms with van der Waals surface area (Å²) in [6.45, 7) is 2.26. The Morgan fingerprint density at radius 2 is 1.56 bits per heavy atom. The molecule has 8 heteroatoms. The molecule has 2 rings (SSSR count). The summed E-state index contributed by atoms with van der Waals surface area (Å²) in [5.74, 6) is -0.700. The number of rotatable bonds is 7. The lowest BCUT2D eigenvalue weighted by Crippen LogP contribution is -2.16. The van der Waals surface area contributed by atoms with E-state index in [0.29, 0.717) is 16.9 Å². The molecule has 0 aliphatic heterocycles. The van der Waals surface area contributed by atoms with Crippen molar-refractivity contribution in [1.82, 2.24) is 0 Å². The van der Waals surface area contributed by atoms with Crippen molar-refractivity contribution >= 4 is 23.3 Å². The Balaban J connectivity index is 1.78. The Hall–Kier alpha value is -3.03. The molecule has 0 fully saturated rings. The van der Waals surface area contributed by atoms with Crippen molar-refractivity contribution in [1.29, 1.82) is 0 Å². The number of alkyl halides is 3. The van der Waals surface area contributed by atoms with Gasteiger partial charge in [-0.05, 0) is 55.5 Å². The fraction of sp³-hybridized carbons (Fsp3) is 0.263. The molecule has 144 valence electrons. The van der Waals surface area contributed by atoms with Gasteiger partial charge in [-0.1, -0.05) is 0 Å². The summed E-state index contributed by atoms with van der Waals surface area (Å²) in [7, 11) is 0. The van der Waals surface area contributed by atoms with Crippen LogP contribution in [-0.4, -0.2) is 25.0 Å². The second-order valence-corrected chi connectivity index (χ2v) is 5.60. The SMILES string of the molecule is CCOC(=O)c1ccc(NC(=O)CCNc2ccc(C(F)(F)F)cc2)cc1. The first-order valence-corrected chi connectivity index (χ1v) is 8.27. The Bertz CT molecular complexity index is 772. The lowest BCUT2D eigenvalue weighted by atomic mass is 10.2. The minimum atomic E-state index is -4.37. The second-order valence-electron chi connectivity index (χ2n) is 5.60. The molecule has 0 bridgehead atoms. The van der Waals surface area contributed by atoms with E-state index in [0.717, 1.165) is 12.1 Å². The number of hydrogen-bond acceptors (Lipinski definition) is 4. The summed E-state index contributed by atoms with van der Waals surface area (Å²) in [6.07, 6.45) is -4.25. The highest BCUT2D eigenvalue weighted by Crippen LogP contribution is 2.29. The third-order valence-corrected chi connectivity index (χ3v) is 3.57. The predicted octanol–water partition coefficient (Wildman–Crippen LogP) is 4.32. The molecule has 2 aromatic carbocycles. The number of benzene rings is 2. The van der Waals surface area contributed by atoms with E-state index in [4.69, 9.17) is 4.74 Å². The molecule has 0 aromatic heterocycles. The number of ether oxygens (including phenoxy) is 1. The highest BCUT2D eigenvalue weighted by Gasteiger charge is 2.29. The molecule has 5 nitrogen and oxygen atoms in total. The van der Waals surface area contributed by atoms with Gasteiger partial charge in [0.05, 0.1) is 17.7 Å². The number of carbonyl (C=O) groups excluding carboxylic acids is 2. The van der Waals surface area contributed by atoms with Crippen LogP contribution < -0.4 is 10.6 Å². The van der Waals surface area contributed by atoms with Crippen LogP contribution in [0.2, 0.25) is 0 Å². The maximum atomic E-state index is 12.5. The van der Waals surface area contributed by atoms with Crippen molar-refractivity contribution in [3.63, 3.8) is 0 Å². The monoisotopic (exact) mass is 380 g/mol. The number of nitrogens with one attached hydrogen (secondary N) is 2. The maximum Gasteiger partial charge on any atom is 0.416 e. The first kappa shape index (κ1) is 20.3. The molecule has 0 radical (unpaired) electrons. The highest BCUT2D eigenvalue weighted by atomic mass is 19.4. The van der Waals surface area contributed by atoms with Gasteiger partial charge in [-0.2, -0.15) is 13.2 Å². The van der Waals surface area contributed by atoms with Crippen molar-refractivity contribution in [2.24, 2.45) is 0 Å². The first-order chi connectivity index (χ1) is 12.8. The number of amides is 1. The molecule has 0 atom stereocenters. The van der Waals surface area contributed by atoms with Gasteiger partial charge in [0.25, 0.3) is 0 Å². The minimum Gasteiger partial charge on any atom is -0.462 e. The quantitative estimate of drug-likeness (QED) is 0.702. The zero-order valence-electron chi connectivity index (χ0n) is 14.6. The van der Waals surface area contributed by atoms with Gasteiger partial charge in [0.2, 0.25) is 5.91 Å². The average molecular weight is 380 g/mol. The highest BCUT2D eigenvalue weighted by molar-refractivity contribution is 5.93. The summed E-state index contributed by atoms with van der Waals surface area (Å²) < 4.78 is 42.4. The van der Waals surface area contributed by atoms with Crippen LogP contribution in [0.1, 0.15) is 29.3 Å². The predicted molar refractivity (Wildman–Crippen MR) is 95.6 cm³/mol. The van der Waals surface area contributed by atoms with Crippen LogP contribution in [0.25, 0.3) is 0 Å². The van der Waals surface area contributed by atoms with E-state index in [1.165, 1.54) is 12.1 Å². The number of carbonyl (C=O) groups is 2. The van der Waals surface area contributed by atoms with E-state index in [-0.39, 0.29) is 25.5 Å². The third kappa shape index (κ3) is 6.32. The largest absolute Gasteiger partial charge is 0.462 e. The molecule has 0 aliphatic carbocycles. The molecule has 0 saturated heterocycles. The number of hydrogen-bond donors (Lipinski definition) is 2. The molecule has 0 unspecified atom stereocenters. The van der Waals surface area contributed by atoms with Crippen LogP contribution in [0, 0.1) is 0 Å². The lowest BCUT2D eigenvalue weighted by molar-refractivity contribution is -0.137. The summed E-state index contributed by atoms with van der Waals surface area (Å²) >= 11 is 0. The normalized spacial score (nSPS) is 11.0. The van der Waals surface area contributed by atoms with Crippen molar-refractivity contribution in [2.75, 3.05) is 23.8 Å². The molecule has 0 saturated carbocycles. The van der Waals surface area contributed by atoms with Gasteiger partial charge in [0, 0.05) is 24.3 Å². The summed E-state index contributed by atoms with van der Waals surface area (Å²) in [6, 6.07) is 10.9. The minimum absolute atomic E-state index is 0.126. The van der Waals surface area contributed by atoms with E-state index in [1.807, 2.05) is 0 Å². The van der Waals surface area contributed by atoms with E-state index in [1.54, 1.807) is 31.2 Å². The zero-order chi connectivity index (χ0) is 19.9. The molecule has 1 amide bonds. The number of anilines is 2. The van der Waals surface area contributed by atoms with E-state index in [9.17, 15) is 22.8 Å². The Morgan fingerprint density at radius 1 is 0.963 bits per heavy atom. The summed E-state index contributed by atoms with van der Waals surface area (Å²) in [4.78, 5) is 23.5. The van der Waals surface area contributed by atoms with Gasteiger partial charge in [-0.25, -0.2) is 4.79 Å². The van der Waals surface area contributed by atoms with Crippen molar-refractivity contribution in [3.05, 3.63) is 59.7 Å². The van der Waals surface area contributed by atoms with E-state index >= 15 is 0 Å². The van der Waals surface area contributed by atoms with Gasteiger partial charge < -0.3 is 15.4 Å². The second kappa shape index (κ2) is 9.07. The molecule has 2 aromatic rings. The average Bonchev–Trinajstić information content (AvgIpc) is 2.62. The van der Waals surface area contributed by atoms with Crippen LogP contribution in [-0.2, 0) is 15.7 Å². The fourth-order valence-electron chi connectivity index (χ4n) is 2.22. The number of esters is 1. The Kier molecular flexibility index (Phi) is 6.81. The molecular weight excluding hydrogens is 361 g/mol. The van der Waals surface area contributed by atoms with Gasteiger partial charge in [0.1, 0.15) is 0 Å². The van der Waals surface area contributed by atoms with Crippen molar-refractivity contribution in [2.45, 2.75) is 19.5 Å². The van der Waals surface area contributed by atoms with E-state index < -0.39 is 17.7 Å². The van der Waals surface area contributed by atoms with Crippen LogP contribution in [0.3, 0.4) is 0 Å². The zero-order valence-corrected chi connectivity index (χ0v) is 14.6. The third-order valence-electron chi connectivity index (χ3n) is 3.57. The van der Waals surface area contributed by atoms with Gasteiger partial charge in [0.15, 0.2) is 0 Å². The molecular formula is C19H19F3N2O3. The van der Waals surface area contributed by atoms with E-state index in [2.05, 4.69) is 10.6 Å². The van der Waals surface area contributed by atoms with Crippen LogP contribution in [0.5, 0.6) is 0 Å². The Labute approximate surface area is 154 Å². The van der Waals surface area contributed by atoms with Gasteiger partial charge >= 0.3 is 12.1 Å². The fourth-order valence-corrected chi connectivity index (χ4v) is 2.22. The maximum absolute atomic E-state index is 12.5. The van der Waals surface area contributed by atoms with Crippen LogP contribution in [0.4, 0.5) is 24.5 Å². The standard InChI is InChI=1S/C19H19F3N2O3/c1-2-27-18(26)13-3-7-16(8-4-13)24-17(25)11-12-23-15-9-5-14(6-10-15)19(20,21)22/h3-10,23H,2,11-12H2,1H3,(H,24,25). The summed E-state index contributed by atoms with van der Waals surface area (Å²) in [5.41, 5.74) is 0.688. The van der Waals surface area contributed by atoms with Crippen LogP contribution in [0.15, 0.2) is 48.5 Å². The Morgan fingerprint density at radius 3 is 2.11 bits per heavy atom. The van der Waals surface area contributed by atoms with Gasteiger partial charge in [-0.15, -0.1) is 0 Å². The first-order valence-electron chi connectivity index (χ1n) is 8.27. The lowest BCUT2D eigenvalue weighted by Gasteiger charge is -2.10. The van der Waals surface area contributed by atoms with Crippen molar-refractivity contribution in [3.8, 4) is 0 Å². The molecule has 0 spiro atoms. The summed E-state index contributed by atoms with van der Waals surface area (Å²) in [5, 5.41) is 5.56. The smallest absolute Gasteiger partial charge is 0.416 e. The van der Waals surface area contributed by atoms with Crippen molar-refractivity contribution < 1.29 is 27.5 Å². The molecule has 27 heavy (non-hydrogen) atoms. The molecule has 0 aliphatic rings. The van der Waals surface area contributed by atoms with Crippen LogP contribution >= 0.6 is 0 Å². The number of halogens is 3. The topological polar surface area (TPSA) is 67.4 Å².